The second-order valence-corrected chi connectivity index (χ2v) is 8.53. The van der Waals surface area contributed by atoms with Crippen LogP contribution in [0, 0.1) is 5.82 Å². The van der Waals surface area contributed by atoms with Gasteiger partial charge in [0.05, 0.1) is 18.4 Å². The number of hydrogen-bond acceptors (Lipinski definition) is 7. The van der Waals surface area contributed by atoms with Gasteiger partial charge >= 0.3 is 0 Å². The fourth-order valence-electron chi connectivity index (χ4n) is 3.12. The summed E-state index contributed by atoms with van der Waals surface area (Å²) in [6.45, 7) is -0.909. The number of aliphatic hydroxyl groups excluding tert-OH is 1. The number of fused-ring (bicyclic) bond motifs is 1. The average molecular weight is 456 g/mol. The molecule has 164 valence electrons. The second-order valence-electron chi connectivity index (χ2n) is 6.74. The van der Waals surface area contributed by atoms with Crippen LogP contribution < -0.4 is 0 Å². The smallest absolute Gasteiger partial charge is 0.286 e. The first-order valence-corrected chi connectivity index (χ1v) is 10.3. The van der Waals surface area contributed by atoms with E-state index in [0.717, 1.165) is 23.1 Å². The zero-order valence-corrected chi connectivity index (χ0v) is 16.5. The Balaban J connectivity index is 1.50. The Kier molecular flexibility index (Phi) is 5.26. The SMILES string of the molecule is O=C([C@H](O)c1ncccc1F)N1Cc2cn(S(=O)(=O)c3cnn(CC(F)F)c3)nc2C1. The number of halogens is 3. The van der Waals surface area contributed by atoms with Crippen LogP contribution in [-0.4, -0.2) is 54.7 Å². The molecule has 0 radical (unpaired) electrons. The van der Waals surface area contributed by atoms with Gasteiger partial charge in [0, 0.05) is 30.7 Å². The van der Waals surface area contributed by atoms with Crippen molar-refractivity contribution in [1.82, 2.24) is 28.9 Å². The lowest BCUT2D eigenvalue weighted by Gasteiger charge is -2.19. The molecule has 31 heavy (non-hydrogen) atoms. The molecule has 1 N–H and O–H groups in total. The molecule has 1 amide bonds. The van der Waals surface area contributed by atoms with E-state index >= 15 is 0 Å². The molecule has 3 aromatic rings. The number of carbonyl (C=O) groups is 1. The predicted octanol–water partition coefficient (Wildman–Crippen LogP) is 0.692. The van der Waals surface area contributed by atoms with E-state index in [1.165, 1.54) is 23.4 Å². The van der Waals surface area contributed by atoms with Crippen LogP contribution in [0.3, 0.4) is 0 Å². The van der Waals surface area contributed by atoms with Crippen LogP contribution in [0.4, 0.5) is 13.2 Å². The zero-order valence-electron chi connectivity index (χ0n) is 15.6. The Morgan fingerprint density at radius 3 is 2.71 bits per heavy atom. The van der Waals surface area contributed by atoms with Crippen molar-refractivity contribution in [2.24, 2.45) is 0 Å². The molecule has 0 saturated heterocycles. The maximum atomic E-state index is 13.8. The Hall–Kier alpha value is -3.26. The summed E-state index contributed by atoms with van der Waals surface area (Å²) in [4.78, 5) is 17.1. The van der Waals surface area contributed by atoms with Crippen LogP contribution in [0.5, 0.6) is 0 Å². The van der Waals surface area contributed by atoms with Gasteiger partial charge in [-0.2, -0.15) is 22.7 Å². The number of aliphatic hydroxyl groups is 1. The Bertz CT molecular complexity index is 1220. The molecular weight excluding hydrogens is 441 g/mol. The lowest BCUT2D eigenvalue weighted by Crippen LogP contribution is -2.32. The number of amides is 1. The number of aromatic nitrogens is 5. The normalized spacial score (nSPS) is 14.8. The predicted molar refractivity (Wildman–Crippen MR) is 96.5 cm³/mol. The van der Waals surface area contributed by atoms with E-state index in [-0.39, 0.29) is 23.7 Å². The number of rotatable bonds is 6. The fourth-order valence-corrected chi connectivity index (χ4v) is 4.25. The fraction of sp³-hybridized carbons (Fsp3) is 0.294. The number of nitrogens with zero attached hydrogens (tertiary/aromatic N) is 6. The summed E-state index contributed by atoms with van der Waals surface area (Å²) in [7, 11) is -4.17. The number of pyridine rings is 1. The van der Waals surface area contributed by atoms with E-state index in [4.69, 9.17) is 0 Å². The van der Waals surface area contributed by atoms with E-state index in [2.05, 4.69) is 15.2 Å². The molecule has 0 saturated carbocycles. The molecule has 3 aromatic heterocycles. The first-order chi connectivity index (χ1) is 14.7. The van der Waals surface area contributed by atoms with Gasteiger partial charge in [-0.05, 0) is 12.1 Å². The van der Waals surface area contributed by atoms with Gasteiger partial charge in [-0.25, -0.2) is 13.2 Å². The molecule has 0 spiro atoms. The summed E-state index contributed by atoms with van der Waals surface area (Å²) in [5.74, 6) is -1.64. The highest BCUT2D eigenvalue weighted by Crippen LogP contribution is 2.27. The first kappa shape index (κ1) is 21.0. The molecule has 4 rings (SSSR count). The van der Waals surface area contributed by atoms with E-state index in [1.54, 1.807) is 0 Å². The minimum atomic E-state index is -4.17. The topological polar surface area (TPSA) is 123 Å². The second kappa shape index (κ2) is 7.77. The molecule has 1 atom stereocenters. The average Bonchev–Trinajstić information content (AvgIpc) is 3.41. The summed E-state index contributed by atoms with van der Waals surface area (Å²) in [6, 6.07) is 2.39. The quantitative estimate of drug-likeness (QED) is 0.579. The van der Waals surface area contributed by atoms with Gasteiger partial charge in [0.15, 0.2) is 6.10 Å². The maximum Gasteiger partial charge on any atom is 0.286 e. The standard InChI is InChI=1S/C17H15F3N6O4S/c18-12-2-1-3-21-15(12)16(27)17(28)24-5-10-6-26(23-13(10)8-24)31(29,30)11-4-22-25(7-11)9-14(19)20/h1-4,6-7,14,16,27H,5,8-9H2/t16-/m1/s1. The summed E-state index contributed by atoms with van der Waals surface area (Å²) in [5, 5.41) is 17.7. The van der Waals surface area contributed by atoms with Crippen molar-refractivity contribution in [1.29, 1.82) is 0 Å². The van der Waals surface area contributed by atoms with Crippen molar-refractivity contribution in [3.63, 3.8) is 0 Å². The highest BCUT2D eigenvalue weighted by molar-refractivity contribution is 7.89. The van der Waals surface area contributed by atoms with Crippen molar-refractivity contribution in [3.05, 3.63) is 59.7 Å². The summed E-state index contributed by atoms with van der Waals surface area (Å²) < 4.78 is 65.5. The third kappa shape index (κ3) is 3.90. The number of hydrogen-bond donors (Lipinski definition) is 1. The van der Waals surface area contributed by atoms with Crippen molar-refractivity contribution < 1.29 is 31.5 Å². The van der Waals surface area contributed by atoms with E-state index in [1.807, 2.05) is 0 Å². The van der Waals surface area contributed by atoms with Gasteiger partial charge in [0.25, 0.3) is 22.4 Å². The third-order valence-corrected chi connectivity index (χ3v) is 6.11. The van der Waals surface area contributed by atoms with Gasteiger partial charge < -0.3 is 10.0 Å². The summed E-state index contributed by atoms with van der Waals surface area (Å²) in [5.41, 5.74) is 0.265. The molecule has 0 fully saturated rings. The van der Waals surface area contributed by atoms with Crippen LogP contribution >= 0.6 is 0 Å². The zero-order chi connectivity index (χ0) is 22.3. The van der Waals surface area contributed by atoms with Crippen molar-refractivity contribution in [3.8, 4) is 0 Å². The van der Waals surface area contributed by atoms with Gasteiger partial charge in [0.1, 0.15) is 23.0 Å². The van der Waals surface area contributed by atoms with Crippen molar-refractivity contribution in [2.45, 2.75) is 37.1 Å². The molecule has 0 unspecified atom stereocenters. The van der Waals surface area contributed by atoms with Gasteiger partial charge in [-0.1, -0.05) is 0 Å². The minimum Gasteiger partial charge on any atom is -0.377 e. The van der Waals surface area contributed by atoms with Crippen LogP contribution in [0.25, 0.3) is 0 Å². The van der Waals surface area contributed by atoms with Gasteiger partial charge in [0.2, 0.25) is 0 Å². The molecule has 1 aliphatic rings. The largest absolute Gasteiger partial charge is 0.377 e. The maximum absolute atomic E-state index is 13.8. The Morgan fingerprint density at radius 2 is 2.03 bits per heavy atom. The Morgan fingerprint density at radius 1 is 1.26 bits per heavy atom. The van der Waals surface area contributed by atoms with Gasteiger partial charge in [-0.3, -0.25) is 14.5 Å². The van der Waals surface area contributed by atoms with E-state index in [9.17, 15) is 31.5 Å². The summed E-state index contributed by atoms with van der Waals surface area (Å²) in [6.07, 6.45) is -0.160. The third-order valence-electron chi connectivity index (χ3n) is 4.63. The molecule has 4 heterocycles. The molecule has 0 aliphatic carbocycles. The Labute approximate surface area is 173 Å². The summed E-state index contributed by atoms with van der Waals surface area (Å²) >= 11 is 0. The van der Waals surface area contributed by atoms with Crippen molar-refractivity contribution >= 4 is 15.9 Å². The number of alkyl halides is 2. The first-order valence-electron chi connectivity index (χ1n) is 8.87. The molecule has 0 bridgehead atoms. The van der Waals surface area contributed by atoms with E-state index < -0.39 is 46.5 Å². The highest BCUT2D eigenvalue weighted by atomic mass is 32.2. The van der Waals surface area contributed by atoms with Crippen LogP contribution in [0.15, 0.2) is 41.8 Å². The number of carbonyl (C=O) groups excluding carboxylic acids is 1. The highest BCUT2D eigenvalue weighted by Gasteiger charge is 2.34. The monoisotopic (exact) mass is 456 g/mol. The molecule has 14 heteroatoms. The van der Waals surface area contributed by atoms with Crippen LogP contribution in [-0.2, 0) is 34.5 Å². The van der Waals surface area contributed by atoms with Gasteiger partial charge in [-0.15, -0.1) is 0 Å². The minimum absolute atomic E-state index is 0.0557. The van der Waals surface area contributed by atoms with E-state index in [0.29, 0.717) is 9.65 Å². The lowest BCUT2D eigenvalue weighted by atomic mass is 10.2. The molecule has 10 nitrogen and oxygen atoms in total. The van der Waals surface area contributed by atoms with Crippen molar-refractivity contribution in [2.75, 3.05) is 0 Å². The molecule has 1 aliphatic heterocycles. The lowest BCUT2D eigenvalue weighted by molar-refractivity contribution is -0.141. The molecular formula is C17H15F3N6O4S. The van der Waals surface area contributed by atoms with Crippen LogP contribution in [0.2, 0.25) is 0 Å². The molecule has 0 aromatic carbocycles. The van der Waals surface area contributed by atoms with Crippen LogP contribution in [0.1, 0.15) is 23.1 Å².